The summed E-state index contributed by atoms with van der Waals surface area (Å²) in [6.07, 6.45) is 6.28. The van der Waals surface area contributed by atoms with Gasteiger partial charge in [-0.3, -0.25) is 4.79 Å². The van der Waals surface area contributed by atoms with Crippen molar-refractivity contribution in [2.75, 3.05) is 6.54 Å². The van der Waals surface area contributed by atoms with E-state index in [1.807, 2.05) is 22.9 Å². The number of aryl methyl sites for hydroxylation is 1. The number of imidazole rings is 1. The molecule has 0 saturated carbocycles. The number of rotatable bonds is 5. The average molecular weight is 340 g/mol. The van der Waals surface area contributed by atoms with E-state index in [0.717, 1.165) is 17.4 Å². The molecule has 0 spiro atoms. The van der Waals surface area contributed by atoms with Gasteiger partial charge in [0, 0.05) is 34.9 Å². The standard InChI is InChI=1S/C13H14BrN3OS/c14-10-2-3-11(12(19)8-10)13(18)16-4-1-6-17-7-5-15-9-17/h2-3,5,7-9,19H,1,4,6H2,(H,16,18). The number of aromatic nitrogens is 2. The Labute approximate surface area is 125 Å². The maximum absolute atomic E-state index is 11.9. The molecule has 6 heteroatoms. The number of carbonyl (C=O) groups is 1. The highest BCUT2D eigenvalue weighted by Gasteiger charge is 2.08. The van der Waals surface area contributed by atoms with Crippen LogP contribution in [-0.4, -0.2) is 22.0 Å². The minimum atomic E-state index is -0.0943. The number of thiol groups is 1. The van der Waals surface area contributed by atoms with Crippen molar-refractivity contribution in [1.29, 1.82) is 0 Å². The Bertz CT molecular complexity index is 557. The third kappa shape index (κ3) is 4.11. The molecular formula is C13H14BrN3OS. The van der Waals surface area contributed by atoms with E-state index in [1.54, 1.807) is 18.6 Å². The molecule has 4 nitrogen and oxygen atoms in total. The summed E-state index contributed by atoms with van der Waals surface area (Å²) in [5.41, 5.74) is 0.592. The van der Waals surface area contributed by atoms with Crippen LogP contribution in [0.1, 0.15) is 16.8 Å². The van der Waals surface area contributed by atoms with Crippen LogP contribution in [0.3, 0.4) is 0 Å². The van der Waals surface area contributed by atoms with Crippen LogP contribution in [0, 0.1) is 0 Å². The number of benzene rings is 1. The van der Waals surface area contributed by atoms with Gasteiger partial charge in [0.1, 0.15) is 0 Å². The van der Waals surface area contributed by atoms with Crippen LogP contribution in [0.2, 0.25) is 0 Å². The molecule has 0 unspecified atom stereocenters. The molecule has 100 valence electrons. The molecule has 0 radical (unpaired) electrons. The lowest BCUT2D eigenvalue weighted by molar-refractivity contribution is 0.0950. The second-order valence-electron chi connectivity index (χ2n) is 4.07. The number of nitrogens with one attached hydrogen (secondary N) is 1. The largest absolute Gasteiger partial charge is 0.352 e. The summed E-state index contributed by atoms with van der Waals surface area (Å²) < 4.78 is 2.89. The van der Waals surface area contributed by atoms with Crippen LogP contribution in [0.25, 0.3) is 0 Å². The molecule has 0 bridgehead atoms. The smallest absolute Gasteiger partial charge is 0.252 e. The summed E-state index contributed by atoms with van der Waals surface area (Å²) in [6.45, 7) is 1.47. The first-order valence-electron chi connectivity index (χ1n) is 5.89. The minimum absolute atomic E-state index is 0.0943. The summed E-state index contributed by atoms with van der Waals surface area (Å²) in [4.78, 5) is 16.6. The number of amides is 1. The number of hydrogen-bond acceptors (Lipinski definition) is 3. The Hall–Kier alpha value is -1.27. The van der Waals surface area contributed by atoms with Crippen molar-refractivity contribution < 1.29 is 4.79 Å². The molecule has 0 aliphatic carbocycles. The average Bonchev–Trinajstić information content (AvgIpc) is 2.87. The van der Waals surface area contributed by atoms with Crippen molar-refractivity contribution in [1.82, 2.24) is 14.9 Å². The first kappa shape index (κ1) is 14.1. The molecule has 19 heavy (non-hydrogen) atoms. The Morgan fingerprint density at radius 1 is 1.47 bits per heavy atom. The first-order valence-corrected chi connectivity index (χ1v) is 7.13. The number of hydrogen-bond donors (Lipinski definition) is 2. The number of halogens is 1. The lowest BCUT2D eigenvalue weighted by Crippen LogP contribution is -2.25. The van der Waals surface area contributed by atoms with E-state index in [1.165, 1.54) is 0 Å². The van der Waals surface area contributed by atoms with E-state index in [2.05, 4.69) is 38.9 Å². The van der Waals surface area contributed by atoms with Gasteiger partial charge in [-0.2, -0.15) is 0 Å². The van der Waals surface area contributed by atoms with E-state index in [9.17, 15) is 4.79 Å². The second-order valence-corrected chi connectivity index (χ2v) is 5.47. The topological polar surface area (TPSA) is 46.9 Å². The van der Waals surface area contributed by atoms with Gasteiger partial charge in [-0.15, -0.1) is 12.6 Å². The molecule has 1 N–H and O–H groups in total. The van der Waals surface area contributed by atoms with E-state index in [0.29, 0.717) is 17.0 Å². The van der Waals surface area contributed by atoms with Gasteiger partial charge >= 0.3 is 0 Å². The molecule has 2 rings (SSSR count). The predicted molar refractivity (Wildman–Crippen MR) is 80.6 cm³/mol. The summed E-state index contributed by atoms with van der Waals surface area (Å²) in [7, 11) is 0. The normalized spacial score (nSPS) is 10.4. The molecule has 0 aliphatic heterocycles. The maximum Gasteiger partial charge on any atom is 0.252 e. The molecule has 1 aromatic heterocycles. The maximum atomic E-state index is 11.9. The zero-order valence-corrected chi connectivity index (χ0v) is 12.7. The Morgan fingerprint density at radius 3 is 3.00 bits per heavy atom. The van der Waals surface area contributed by atoms with Gasteiger partial charge in [0.05, 0.1) is 11.9 Å². The van der Waals surface area contributed by atoms with E-state index >= 15 is 0 Å². The fourth-order valence-electron chi connectivity index (χ4n) is 1.67. The predicted octanol–water partition coefficient (Wildman–Crippen LogP) is 2.75. The molecule has 1 heterocycles. The monoisotopic (exact) mass is 339 g/mol. The van der Waals surface area contributed by atoms with Gasteiger partial charge in [0.25, 0.3) is 5.91 Å². The third-order valence-electron chi connectivity index (χ3n) is 2.64. The Kier molecular flexibility index (Phi) is 5.04. The van der Waals surface area contributed by atoms with Crippen molar-refractivity contribution in [3.05, 3.63) is 47.0 Å². The minimum Gasteiger partial charge on any atom is -0.352 e. The van der Waals surface area contributed by atoms with Crippen molar-refractivity contribution in [2.24, 2.45) is 0 Å². The van der Waals surface area contributed by atoms with Crippen LogP contribution in [0.4, 0.5) is 0 Å². The third-order valence-corrected chi connectivity index (χ3v) is 3.51. The van der Waals surface area contributed by atoms with Crippen molar-refractivity contribution in [3.8, 4) is 0 Å². The van der Waals surface area contributed by atoms with E-state index < -0.39 is 0 Å². The van der Waals surface area contributed by atoms with Gasteiger partial charge < -0.3 is 9.88 Å². The van der Waals surface area contributed by atoms with Gasteiger partial charge in [-0.25, -0.2) is 4.98 Å². The molecule has 0 saturated heterocycles. The molecule has 0 atom stereocenters. The van der Waals surface area contributed by atoms with Crippen LogP contribution < -0.4 is 5.32 Å². The summed E-state index contributed by atoms with van der Waals surface area (Å²) in [6, 6.07) is 5.40. The molecule has 1 amide bonds. The summed E-state index contributed by atoms with van der Waals surface area (Å²) in [5, 5.41) is 2.88. The van der Waals surface area contributed by atoms with Crippen molar-refractivity contribution in [2.45, 2.75) is 17.9 Å². The van der Waals surface area contributed by atoms with Crippen LogP contribution in [0.5, 0.6) is 0 Å². The van der Waals surface area contributed by atoms with Crippen molar-refractivity contribution >= 4 is 34.5 Å². The van der Waals surface area contributed by atoms with Crippen LogP contribution >= 0.6 is 28.6 Å². The van der Waals surface area contributed by atoms with E-state index in [-0.39, 0.29) is 5.91 Å². The van der Waals surface area contributed by atoms with Gasteiger partial charge in [0.15, 0.2) is 0 Å². The van der Waals surface area contributed by atoms with Crippen LogP contribution in [-0.2, 0) is 6.54 Å². The number of carbonyl (C=O) groups excluding carboxylic acids is 1. The van der Waals surface area contributed by atoms with Crippen molar-refractivity contribution in [3.63, 3.8) is 0 Å². The lowest BCUT2D eigenvalue weighted by atomic mass is 10.2. The van der Waals surface area contributed by atoms with Gasteiger partial charge in [-0.05, 0) is 24.6 Å². The Balaban J connectivity index is 1.81. The van der Waals surface area contributed by atoms with Gasteiger partial charge in [0.2, 0.25) is 0 Å². The first-order chi connectivity index (χ1) is 9.16. The molecule has 0 fully saturated rings. The van der Waals surface area contributed by atoms with E-state index in [4.69, 9.17) is 0 Å². The fourth-order valence-corrected chi connectivity index (χ4v) is 2.53. The zero-order valence-electron chi connectivity index (χ0n) is 10.2. The second kappa shape index (κ2) is 6.77. The Morgan fingerprint density at radius 2 is 2.32 bits per heavy atom. The molecule has 0 aliphatic rings. The molecular weight excluding hydrogens is 326 g/mol. The fraction of sp³-hybridized carbons (Fsp3) is 0.231. The highest BCUT2D eigenvalue weighted by atomic mass is 79.9. The highest BCUT2D eigenvalue weighted by Crippen LogP contribution is 2.19. The SMILES string of the molecule is O=C(NCCCn1ccnc1)c1ccc(Br)cc1S. The summed E-state index contributed by atoms with van der Waals surface area (Å²) in [5.74, 6) is -0.0943. The van der Waals surface area contributed by atoms with Gasteiger partial charge in [-0.1, -0.05) is 15.9 Å². The van der Waals surface area contributed by atoms with Crippen LogP contribution in [0.15, 0.2) is 46.3 Å². The highest BCUT2D eigenvalue weighted by molar-refractivity contribution is 9.10. The molecule has 2 aromatic rings. The lowest BCUT2D eigenvalue weighted by Gasteiger charge is -2.08. The summed E-state index contributed by atoms with van der Waals surface area (Å²) >= 11 is 7.64. The zero-order chi connectivity index (χ0) is 13.7. The quantitative estimate of drug-likeness (QED) is 0.650. The number of nitrogens with zero attached hydrogens (tertiary/aromatic N) is 2. The molecule has 1 aromatic carbocycles.